The van der Waals surface area contributed by atoms with E-state index in [2.05, 4.69) is 0 Å². The van der Waals surface area contributed by atoms with Crippen molar-refractivity contribution in [3.05, 3.63) is 35.9 Å². The lowest BCUT2D eigenvalue weighted by Gasteiger charge is -2.24. The lowest BCUT2D eigenvalue weighted by atomic mass is 10.1. The minimum Gasteiger partial charge on any atom is -0.464 e. The van der Waals surface area contributed by atoms with E-state index in [1.54, 1.807) is 14.0 Å². The van der Waals surface area contributed by atoms with Gasteiger partial charge < -0.3 is 19.6 Å². The second-order valence-electron chi connectivity index (χ2n) is 4.95. The normalized spacial score (nSPS) is 21.8. The standard InChI is InChI=1S/C15H20N2O4/c1-3-21-14(19)13-12(10-18)17(15(20)16(13)2)9-11-7-5-4-6-8-11/h4-8,12-13,18H,3,9-10H2,1-2H3. The van der Waals surface area contributed by atoms with Gasteiger partial charge in [-0.15, -0.1) is 0 Å². The number of benzene rings is 1. The molecule has 1 aliphatic heterocycles. The van der Waals surface area contributed by atoms with Crippen LogP contribution in [0.5, 0.6) is 0 Å². The minimum absolute atomic E-state index is 0.244. The summed E-state index contributed by atoms with van der Waals surface area (Å²) in [5.74, 6) is -0.483. The van der Waals surface area contributed by atoms with Crippen LogP contribution in [0.3, 0.4) is 0 Å². The monoisotopic (exact) mass is 292 g/mol. The predicted molar refractivity (Wildman–Crippen MR) is 76.4 cm³/mol. The molecule has 0 spiro atoms. The van der Waals surface area contributed by atoms with Gasteiger partial charge in [-0.2, -0.15) is 0 Å². The number of rotatable bonds is 5. The van der Waals surface area contributed by atoms with Crippen LogP contribution in [0.15, 0.2) is 30.3 Å². The van der Waals surface area contributed by atoms with Crippen molar-refractivity contribution in [1.82, 2.24) is 9.80 Å². The number of aliphatic hydroxyl groups is 1. The first-order valence-electron chi connectivity index (χ1n) is 6.95. The van der Waals surface area contributed by atoms with Crippen LogP contribution in [0.1, 0.15) is 12.5 Å². The zero-order chi connectivity index (χ0) is 15.4. The number of likely N-dealkylation sites (N-methyl/N-ethyl adjacent to an activating group) is 1. The summed E-state index contributed by atoms with van der Waals surface area (Å²) in [7, 11) is 1.55. The smallest absolute Gasteiger partial charge is 0.331 e. The van der Waals surface area contributed by atoms with Crippen LogP contribution in [-0.2, 0) is 16.1 Å². The average Bonchev–Trinajstić information content (AvgIpc) is 2.73. The van der Waals surface area contributed by atoms with Crippen LogP contribution in [0.2, 0.25) is 0 Å². The van der Waals surface area contributed by atoms with Gasteiger partial charge in [0.05, 0.1) is 19.3 Å². The number of carbonyl (C=O) groups is 2. The molecule has 2 unspecified atom stereocenters. The molecule has 1 saturated heterocycles. The molecule has 0 saturated carbocycles. The van der Waals surface area contributed by atoms with Crippen LogP contribution in [0.4, 0.5) is 4.79 Å². The molecule has 2 rings (SSSR count). The summed E-state index contributed by atoms with van der Waals surface area (Å²) in [4.78, 5) is 27.2. The van der Waals surface area contributed by atoms with Crippen molar-refractivity contribution in [2.24, 2.45) is 0 Å². The Kier molecular flexibility index (Phi) is 4.80. The van der Waals surface area contributed by atoms with Crippen molar-refractivity contribution in [2.75, 3.05) is 20.3 Å². The first-order valence-corrected chi connectivity index (χ1v) is 6.95. The number of hydrogen-bond acceptors (Lipinski definition) is 4. The highest BCUT2D eigenvalue weighted by molar-refractivity contribution is 5.88. The van der Waals surface area contributed by atoms with Gasteiger partial charge in [0.15, 0.2) is 6.04 Å². The molecule has 1 fully saturated rings. The number of urea groups is 1. The molecule has 114 valence electrons. The third kappa shape index (κ3) is 3.00. The topological polar surface area (TPSA) is 70.1 Å². The molecule has 0 bridgehead atoms. The summed E-state index contributed by atoms with van der Waals surface area (Å²) in [6.07, 6.45) is 0. The largest absolute Gasteiger partial charge is 0.464 e. The molecule has 0 aliphatic carbocycles. The molecule has 1 aromatic rings. The quantitative estimate of drug-likeness (QED) is 0.817. The number of nitrogens with zero attached hydrogens (tertiary/aromatic N) is 2. The van der Waals surface area contributed by atoms with Crippen LogP contribution in [-0.4, -0.2) is 59.3 Å². The number of ether oxygens (including phenoxy) is 1. The number of aliphatic hydroxyl groups excluding tert-OH is 1. The van der Waals surface area contributed by atoms with Gasteiger partial charge in [0.1, 0.15) is 0 Å². The summed E-state index contributed by atoms with van der Waals surface area (Å²) in [6.45, 7) is 2.02. The van der Waals surface area contributed by atoms with Gasteiger partial charge in [-0.3, -0.25) is 0 Å². The van der Waals surface area contributed by atoms with Gasteiger partial charge in [-0.1, -0.05) is 30.3 Å². The zero-order valence-corrected chi connectivity index (χ0v) is 12.2. The van der Waals surface area contributed by atoms with E-state index in [0.717, 1.165) is 5.56 Å². The fourth-order valence-corrected chi connectivity index (χ4v) is 2.60. The Morgan fingerprint density at radius 1 is 1.33 bits per heavy atom. The Morgan fingerprint density at radius 2 is 2.00 bits per heavy atom. The molecule has 6 heteroatoms. The van der Waals surface area contributed by atoms with Gasteiger partial charge in [-0.05, 0) is 12.5 Å². The van der Waals surface area contributed by atoms with Crippen molar-refractivity contribution in [3.8, 4) is 0 Å². The highest BCUT2D eigenvalue weighted by Crippen LogP contribution is 2.24. The Bertz CT molecular complexity index is 506. The highest BCUT2D eigenvalue weighted by Gasteiger charge is 2.48. The minimum atomic E-state index is -0.772. The van der Waals surface area contributed by atoms with Crippen molar-refractivity contribution < 1.29 is 19.4 Å². The molecular weight excluding hydrogens is 272 g/mol. The SMILES string of the molecule is CCOC(=O)C1C(CO)N(Cc2ccccc2)C(=O)N1C. The van der Waals surface area contributed by atoms with Gasteiger partial charge in [0, 0.05) is 13.6 Å². The van der Waals surface area contributed by atoms with Gasteiger partial charge in [0.2, 0.25) is 0 Å². The maximum atomic E-state index is 12.3. The summed E-state index contributed by atoms with van der Waals surface area (Å²) < 4.78 is 5.00. The molecule has 1 aliphatic rings. The Balaban J connectivity index is 2.21. The molecule has 21 heavy (non-hydrogen) atoms. The fourth-order valence-electron chi connectivity index (χ4n) is 2.60. The van der Waals surface area contributed by atoms with E-state index in [1.807, 2.05) is 30.3 Å². The summed E-state index contributed by atoms with van der Waals surface area (Å²) in [6, 6.07) is 7.82. The van der Waals surface area contributed by atoms with Crippen LogP contribution in [0, 0.1) is 0 Å². The van der Waals surface area contributed by atoms with Crippen molar-refractivity contribution in [3.63, 3.8) is 0 Å². The summed E-state index contributed by atoms with van der Waals surface area (Å²) >= 11 is 0. The Hall–Kier alpha value is -2.08. The first kappa shape index (κ1) is 15.3. The highest BCUT2D eigenvalue weighted by atomic mass is 16.5. The number of esters is 1. The molecule has 6 nitrogen and oxygen atoms in total. The lowest BCUT2D eigenvalue weighted by molar-refractivity contribution is -0.148. The molecule has 2 atom stereocenters. The lowest BCUT2D eigenvalue weighted by Crippen LogP contribution is -2.45. The van der Waals surface area contributed by atoms with E-state index in [-0.39, 0.29) is 19.2 Å². The van der Waals surface area contributed by atoms with E-state index in [0.29, 0.717) is 6.54 Å². The van der Waals surface area contributed by atoms with Crippen molar-refractivity contribution in [1.29, 1.82) is 0 Å². The van der Waals surface area contributed by atoms with Crippen LogP contribution >= 0.6 is 0 Å². The third-order valence-corrected chi connectivity index (χ3v) is 3.64. The van der Waals surface area contributed by atoms with E-state index in [1.165, 1.54) is 9.80 Å². The molecular formula is C15H20N2O4. The van der Waals surface area contributed by atoms with E-state index >= 15 is 0 Å². The molecule has 2 amide bonds. The molecule has 1 aromatic carbocycles. The molecule has 0 aromatic heterocycles. The van der Waals surface area contributed by atoms with Crippen LogP contribution < -0.4 is 0 Å². The maximum absolute atomic E-state index is 12.3. The fraction of sp³-hybridized carbons (Fsp3) is 0.467. The molecule has 1 heterocycles. The number of amides is 2. The molecule has 0 radical (unpaired) electrons. The number of hydrogen-bond donors (Lipinski definition) is 1. The zero-order valence-electron chi connectivity index (χ0n) is 12.2. The van der Waals surface area contributed by atoms with Crippen LogP contribution in [0.25, 0.3) is 0 Å². The second-order valence-corrected chi connectivity index (χ2v) is 4.95. The van der Waals surface area contributed by atoms with E-state index < -0.39 is 18.1 Å². The van der Waals surface area contributed by atoms with E-state index in [4.69, 9.17) is 4.74 Å². The maximum Gasteiger partial charge on any atom is 0.331 e. The van der Waals surface area contributed by atoms with E-state index in [9.17, 15) is 14.7 Å². The summed E-state index contributed by atoms with van der Waals surface area (Å²) in [5.41, 5.74) is 0.946. The summed E-state index contributed by atoms with van der Waals surface area (Å²) in [5, 5.41) is 9.61. The number of carbonyl (C=O) groups excluding carboxylic acids is 2. The molecule has 1 N–H and O–H groups in total. The Labute approximate surface area is 123 Å². The second kappa shape index (κ2) is 6.58. The first-order chi connectivity index (χ1) is 10.1. The third-order valence-electron chi connectivity index (χ3n) is 3.64. The van der Waals surface area contributed by atoms with Crippen molar-refractivity contribution in [2.45, 2.75) is 25.6 Å². The predicted octanol–water partition coefficient (Wildman–Crippen LogP) is 0.847. The van der Waals surface area contributed by atoms with Gasteiger partial charge >= 0.3 is 12.0 Å². The van der Waals surface area contributed by atoms with Gasteiger partial charge in [-0.25, -0.2) is 9.59 Å². The average molecular weight is 292 g/mol. The van der Waals surface area contributed by atoms with Gasteiger partial charge in [0.25, 0.3) is 0 Å². The van der Waals surface area contributed by atoms with Crippen molar-refractivity contribution >= 4 is 12.0 Å². The Morgan fingerprint density at radius 3 is 2.57 bits per heavy atom.